The molecule has 0 aliphatic carbocycles. The van der Waals surface area contributed by atoms with Crippen LogP contribution in [0.3, 0.4) is 0 Å². The summed E-state index contributed by atoms with van der Waals surface area (Å²) in [5, 5.41) is 4.43. The molecular formula is C21H24N2O4S2. The van der Waals surface area contributed by atoms with Gasteiger partial charge in [-0.3, -0.25) is 9.59 Å². The Morgan fingerprint density at radius 1 is 1.21 bits per heavy atom. The number of anilines is 1. The Hall–Kier alpha value is -2.32. The second kappa shape index (κ2) is 9.00. The summed E-state index contributed by atoms with van der Waals surface area (Å²) in [6, 6.07) is 14.4. The van der Waals surface area contributed by atoms with Gasteiger partial charge in [0, 0.05) is 17.9 Å². The van der Waals surface area contributed by atoms with E-state index in [1.54, 1.807) is 26.0 Å². The molecule has 1 aliphatic heterocycles. The van der Waals surface area contributed by atoms with Gasteiger partial charge in [0.2, 0.25) is 11.8 Å². The first kappa shape index (κ1) is 21.4. The number of hydrogen-bond donors (Lipinski definition) is 2. The Bertz CT molecular complexity index is 1010. The highest BCUT2D eigenvalue weighted by Gasteiger charge is 2.29. The van der Waals surface area contributed by atoms with Gasteiger partial charge in [-0.2, -0.15) is 0 Å². The van der Waals surface area contributed by atoms with Gasteiger partial charge in [0.1, 0.15) is 0 Å². The van der Waals surface area contributed by atoms with Crippen molar-refractivity contribution in [3.8, 4) is 0 Å². The molecule has 8 heteroatoms. The van der Waals surface area contributed by atoms with Crippen molar-refractivity contribution in [1.29, 1.82) is 0 Å². The van der Waals surface area contributed by atoms with Gasteiger partial charge in [-0.15, -0.1) is 11.8 Å². The van der Waals surface area contributed by atoms with E-state index in [-0.39, 0.29) is 28.4 Å². The molecule has 2 unspecified atom stereocenters. The second-order valence-corrected chi connectivity index (χ2v) is 10.8. The number of amides is 2. The van der Waals surface area contributed by atoms with Crippen LogP contribution in [0.4, 0.5) is 5.69 Å². The maximum Gasteiger partial charge on any atom is 0.237 e. The van der Waals surface area contributed by atoms with Crippen LogP contribution in [0.1, 0.15) is 25.8 Å². The summed E-state index contributed by atoms with van der Waals surface area (Å²) in [6.45, 7) is 3.78. The summed E-state index contributed by atoms with van der Waals surface area (Å²) in [6.07, 6.45) is 0.591. The minimum Gasteiger partial charge on any atom is -0.356 e. The molecule has 29 heavy (non-hydrogen) atoms. The van der Waals surface area contributed by atoms with E-state index in [9.17, 15) is 18.0 Å². The van der Waals surface area contributed by atoms with Crippen LogP contribution < -0.4 is 10.6 Å². The molecule has 2 N–H and O–H groups in total. The maximum absolute atomic E-state index is 12.9. The van der Waals surface area contributed by atoms with Crippen molar-refractivity contribution in [2.24, 2.45) is 0 Å². The number of fused-ring (bicyclic) bond motifs is 1. The Labute approximate surface area is 175 Å². The minimum atomic E-state index is -3.66. The van der Waals surface area contributed by atoms with E-state index in [1.807, 2.05) is 30.3 Å². The van der Waals surface area contributed by atoms with Crippen molar-refractivity contribution in [3.63, 3.8) is 0 Å². The predicted octanol–water partition coefficient (Wildman–Crippen LogP) is 3.03. The third kappa shape index (κ3) is 5.19. The van der Waals surface area contributed by atoms with E-state index in [0.717, 1.165) is 10.5 Å². The fraction of sp³-hybridized carbons (Fsp3) is 0.333. The molecule has 2 amide bonds. The highest BCUT2D eigenvalue weighted by molar-refractivity contribution is 8.01. The fourth-order valence-electron chi connectivity index (χ4n) is 3.02. The summed E-state index contributed by atoms with van der Waals surface area (Å²) in [4.78, 5) is 24.8. The van der Waals surface area contributed by atoms with Gasteiger partial charge in [-0.25, -0.2) is 8.42 Å². The second-order valence-electron chi connectivity index (χ2n) is 7.05. The first-order valence-corrected chi connectivity index (χ1v) is 11.9. The van der Waals surface area contributed by atoms with E-state index in [4.69, 9.17) is 0 Å². The summed E-state index contributed by atoms with van der Waals surface area (Å²) in [5.41, 5.74) is 1.73. The van der Waals surface area contributed by atoms with Gasteiger partial charge >= 0.3 is 0 Å². The van der Waals surface area contributed by atoms with Gasteiger partial charge < -0.3 is 10.6 Å². The molecule has 1 heterocycles. The molecule has 0 saturated heterocycles. The first-order chi connectivity index (χ1) is 13.8. The molecule has 0 spiro atoms. The van der Waals surface area contributed by atoms with Gasteiger partial charge in [0.05, 0.1) is 21.1 Å². The summed E-state index contributed by atoms with van der Waals surface area (Å²) >= 11 is 1.33. The average molecular weight is 433 g/mol. The molecule has 0 aromatic heterocycles. The lowest BCUT2D eigenvalue weighted by Gasteiger charge is -2.22. The molecule has 6 nitrogen and oxygen atoms in total. The van der Waals surface area contributed by atoms with E-state index < -0.39 is 15.1 Å². The average Bonchev–Trinajstić information content (AvgIpc) is 2.69. The van der Waals surface area contributed by atoms with Crippen LogP contribution in [0.2, 0.25) is 0 Å². The molecule has 154 valence electrons. The standard InChI is InChI=1S/C21H24N2O4S2/c1-14(12-20(24)22-11-10-16-6-4-3-5-7-16)29(26,27)17-8-9-18-19(13-17)28-15(2)21(25)23-18/h3-9,13-15H,10-12H2,1-2H3,(H,22,24)(H,23,25). The van der Waals surface area contributed by atoms with Crippen molar-refractivity contribution in [1.82, 2.24) is 5.32 Å². The third-order valence-electron chi connectivity index (χ3n) is 4.79. The number of thioether (sulfide) groups is 1. The summed E-state index contributed by atoms with van der Waals surface area (Å²) in [5.74, 6) is -0.385. The molecule has 1 aliphatic rings. The largest absolute Gasteiger partial charge is 0.356 e. The van der Waals surface area contributed by atoms with Crippen LogP contribution in [0, 0.1) is 0 Å². The van der Waals surface area contributed by atoms with Crippen molar-refractivity contribution in [2.75, 3.05) is 11.9 Å². The number of rotatable bonds is 7. The molecule has 2 aromatic carbocycles. The van der Waals surface area contributed by atoms with Crippen molar-refractivity contribution < 1.29 is 18.0 Å². The van der Waals surface area contributed by atoms with Crippen molar-refractivity contribution in [3.05, 3.63) is 54.1 Å². The highest BCUT2D eigenvalue weighted by Crippen LogP contribution is 2.37. The predicted molar refractivity (Wildman–Crippen MR) is 115 cm³/mol. The zero-order valence-corrected chi connectivity index (χ0v) is 18.0. The van der Waals surface area contributed by atoms with E-state index >= 15 is 0 Å². The topological polar surface area (TPSA) is 92.3 Å². The van der Waals surface area contributed by atoms with Crippen molar-refractivity contribution in [2.45, 2.75) is 47.0 Å². The Morgan fingerprint density at radius 2 is 1.93 bits per heavy atom. The van der Waals surface area contributed by atoms with E-state index in [2.05, 4.69) is 10.6 Å². The van der Waals surface area contributed by atoms with Crippen LogP contribution in [0.15, 0.2) is 58.3 Å². The summed E-state index contributed by atoms with van der Waals surface area (Å²) in [7, 11) is -3.66. The Balaban J connectivity index is 1.61. The number of hydrogen-bond acceptors (Lipinski definition) is 5. The highest BCUT2D eigenvalue weighted by atomic mass is 32.2. The Kier molecular flexibility index (Phi) is 6.64. The van der Waals surface area contributed by atoms with Gasteiger partial charge in [0.15, 0.2) is 9.84 Å². The van der Waals surface area contributed by atoms with Crippen LogP contribution in [0.5, 0.6) is 0 Å². The smallest absolute Gasteiger partial charge is 0.237 e. The summed E-state index contributed by atoms with van der Waals surface area (Å²) < 4.78 is 25.8. The van der Waals surface area contributed by atoms with Gasteiger partial charge in [-0.1, -0.05) is 30.3 Å². The molecule has 3 rings (SSSR count). The van der Waals surface area contributed by atoms with Gasteiger partial charge in [-0.05, 0) is 44.0 Å². The molecule has 0 radical (unpaired) electrons. The number of nitrogens with one attached hydrogen (secondary N) is 2. The zero-order chi connectivity index (χ0) is 21.0. The lowest BCUT2D eigenvalue weighted by Crippen LogP contribution is -2.31. The van der Waals surface area contributed by atoms with Crippen LogP contribution in [0.25, 0.3) is 0 Å². The lowest BCUT2D eigenvalue weighted by atomic mass is 10.1. The monoisotopic (exact) mass is 432 g/mol. The minimum absolute atomic E-state index is 0.0985. The maximum atomic E-state index is 12.9. The van der Waals surface area contributed by atoms with Crippen LogP contribution in [-0.2, 0) is 25.8 Å². The molecular weight excluding hydrogens is 408 g/mol. The van der Waals surface area contributed by atoms with Gasteiger partial charge in [0.25, 0.3) is 0 Å². The lowest BCUT2D eigenvalue weighted by molar-refractivity contribution is -0.121. The Morgan fingerprint density at radius 3 is 2.66 bits per heavy atom. The van der Waals surface area contributed by atoms with Crippen LogP contribution >= 0.6 is 11.8 Å². The van der Waals surface area contributed by atoms with E-state index in [0.29, 0.717) is 18.7 Å². The fourth-order valence-corrected chi connectivity index (χ4v) is 5.46. The molecule has 0 saturated carbocycles. The molecule has 0 bridgehead atoms. The van der Waals surface area contributed by atoms with E-state index in [1.165, 1.54) is 17.8 Å². The zero-order valence-electron chi connectivity index (χ0n) is 16.3. The molecule has 2 aromatic rings. The quantitative estimate of drug-likeness (QED) is 0.702. The van der Waals surface area contributed by atoms with Crippen LogP contribution in [-0.4, -0.2) is 37.3 Å². The molecule has 2 atom stereocenters. The molecule has 0 fully saturated rings. The first-order valence-electron chi connectivity index (χ1n) is 9.43. The number of sulfone groups is 1. The van der Waals surface area contributed by atoms with Crippen molar-refractivity contribution >= 4 is 39.1 Å². The number of carbonyl (C=O) groups excluding carboxylic acids is 2. The third-order valence-corrected chi connectivity index (χ3v) is 8.09. The normalized spacial score (nSPS) is 17.2. The number of carbonyl (C=O) groups is 2. The SMILES string of the molecule is CC1Sc2cc(S(=O)(=O)C(C)CC(=O)NCCc3ccccc3)ccc2NC1=O. The number of benzene rings is 2.